The number of hydrogen-bond acceptors (Lipinski definition) is 7. The zero-order valence-corrected chi connectivity index (χ0v) is 18.3. The summed E-state index contributed by atoms with van der Waals surface area (Å²) in [4.78, 5) is 17.8. The lowest BCUT2D eigenvalue weighted by Gasteiger charge is -2.32. The standard InChI is InChI=1S/C22H24F3N7O/c1-13(2)18(12-32-3-5-33-6-4-32)30-21-29-9-14(8-26)19(31-21)17-11-28-20-16(17)7-15(10-27-20)22(23,24)25/h7,9-11,13,18H,3-6,12H2,1-2H3,(H,27,28)(H,29,30,31). The Morgan fingerprint density at radius 3 is 2.67 bits per heavy atom. The molecule has 0 radical (unpaired) electrons. The van der Waals surface area contributed by atoms with E-state index in [-0.39, 0.29) is 34.3 Å². The number of nitrogens with one attached hydrogen (secondary N) is 2. The van der Waals surface area contributed by atoms with Crippen LogP contribution in [0.3, 0.4) is 0 Å². The molecule has 0 saturated carbocycles. The number of ether oxygens (including phenoxy) is 1. The highest BCUT2D eigenvalue weighted by molar-refractivity contribution is 5.94. The highest BCUT2D eigenvalue weighted by atomic mass is 19.4. The van der Waals surface area contributed by atoms with E-state index in [0.717, 1.165) is 31.9 Å². The number of halogens is 3. The highest BCUT2D eigenvalue weighted by Crippen LogP contribution is 2.34. The Kier molecular flexibility index (Phi) is 6.49. The first-order chi connectivity index (χ1) is 15.8. The van der Waals surface area contributed by atoms with Gasteiger partial charge in [-0.05, 0) is 12.0 Å². The van der Waals surface area contributed by atoms with Crippen LogP contribution < -0.4 is 5.32 Å². The summed E-state index contributed by atoms with van der Waals surface area (Å²) in [6.07, 6.45) is -0.856. The molecule has 1 fully saturated rings. The number of alkyl halides is 3. The van der Waals surface area contributed by atoms with Gasteiger partial charge in [-0.2, -0.15) is 18.4 Å². The van der Waals surface area contributed by atoms with Crippen molar-refractivity contribution in [3.05, 3.63) is 35.8 Å². The van der Waals surface area contributed by atoms with E-state index >= 15 is 0 Å². The number of aromatic nitrogens is 4. The van der Waals surface area contributed by atoms with Crippen molar-refractivity contribution in [2.75, 3.05) is 38.2 Å². The van der Waals surface area contributed by atoms with Crippen LogP contribution in [0.25, 0.3) is 22.3 Å². The number of nitriles is 1. The summed E-state index contributed by atoms with van der Waals surface area (Å²) >= 11 is 0. The molecule has 11 heteroatoms. The third kappa shape index (κ3) is 5.07. The number of H-pyrrole nitrogens is 1. The first-order valence-corrected chi connectivity index (χ1v) is 10.6. The Bertz CT molecular complexity index is 1160. The maximum atomic E-state index is 13.2. The summed E-state index contributed by atoms with van der Waals surface area (Å²) in [7, 11) is 0. The number of pyridine rings is 1. The van der Waals surface area contributed by atoms with Gasteiger partial charge in [0.05, 0.1) is 36.2 Å². The molecule has 3 aromatic rings. The number of aromatic amines is 1. The van der Waals surface area contributed by atoms with E-state index in [9.17, 15) is 18.4 Å². The van der Waals surface area contributed by atoms with Gasteiger partial charge in [-0.15, -0.1) is 0 Å². The normalized spacial score (nSPS) is 16.2. The number of nitrogens with zero attached hydrogens (tertiary/aromatic N) is 5. The van der Waals surface area contributed by atoms with E-state index in [4.69, 9.17) is 4.74 Å². The molecular weight excluding hydrogens is 435 g/mol. The Hall–Kier alpha value is -3.23. The zero-order valence-electron chi connectivity index (χ0n) is 18.3. The van der Waals surface area contributed by atoms with Crippen molar-refractivity contribution >= 4 is 17.0 Å². The molecule has 0 bridgehead atoms. The minimum Gasteiger partial charge on any atom is -0.379 e. The minimum absolute atomic E-state index is 0.0327. The quantitative estimate of drug-likeness (QED) is 0.580. The molecule has 1 aliphatic heterocycles. The monoisotopic (exact) mass is 459 g/mol. The van der Waals surface area contributed by atoms with Gasteiger partial charge in [-0.1, -0.05) is 13.8 Å². The summed E-state index contributed by atoms with van der Waals surface area (Å²) in [5.74, 6) is 0.576. The molecule has 3 aromatic heterocycles. The topological polar surface area (TPSA) is 103 Å². The van der Waals surface area contributed by atoms with Gasteiger partial charge in [0.2, 0.25) is 5.95 Å². The lowest BCUT2D eigenvalue weighted by Crippen LogP contribution is -2.45. The van der Waals surface area contributed by atoms with Crippen LogP contribution in [0.1, 0.15) is 25.0 Å². The van der Waals surface area contributed by atoms with Gasteiger partial charge in [0.1, 0.15) is 11.7 Å². The minimum atomic E-state index is -4.53. The van der Waals surface area contributed by atoms with Crippen LogP contribution in [0.15, 0.2) is 24.7 Å². The largest absolute Gasteiger partial charge is 0.417 e. The van der Waals surface area contributed by atoms with Gasteiger partial charge in [0.15, 0.2) is 0 Å². The fourth-order valence-corrected chi connectivity index (χ4v) is 3.74. The predicted molar refractivity (Wildman–Crippen MR) is 116 cm³/mol. The Balaban J connectivity index is 1.68. The van der Waals surface area contributed by atoms with Gasteiger partial charge in [-0.25, -0.2) is 15.0 Å². The second-order valence-electron chi connectivity index (χ2n) is 8.30. The van der Waals surface area contributed by atoms with Gasteiger partial charge in [0.25, 0.3) is 0 Å². The van der Waals surface area contributed by atoms with Gasteiger partial charge < -0.3 is 15.0 Å². The molecule has 1 unspecified atom stereocenters. The van der Waals surface area contributed by atoms with Crippen molar-refractivity contribution in [3.8, 4) is 17.3 Å². The van der Waals surface area contributed by atoms with Crippen LogP contribution in [0.4, 0.5) is 19.1 Å². The van der Waals surface area contributed by atoms with E-state index in [0.29, 0.717) is 24.7 Å². The predicted octanol–water partition coefficient (Wildman–Crippen LogP) is 3.68. The summed E-state index contributed by atoms with van der Waals surface area (Å²) in [6.45, 7) is 8.02. The number of fused-ring (bicyclic) bond motifs is 1. The SMILES string of the molecule is CC(C)C(CN1CCOCC1)Nc1ncc(C#N)c(-c2c[nH]c3ncc(C(F)(F)F)cc23)n1. The molecule has 1 aliphatic rings. The van der Waals surface area contributed by atoms with Crippen molar-refractivity contribution < 1.29 is 17.9 Å². The lowest BCUT2D eigenvalue weighted by atomic mass is 10.0. The van der Waals surface area contributed by atoms with Crippen molar-refractivity contribution in [1.29, 1.82) is 5.26 Å². The summed E-state index contributed by atoms with van der Waals surface area (Å²) in [6, 6.07) is 3.08. The molecule has 8 nitrogen and oxygen atoms in total. The van der Waals surface area contributed by atoms with Gasteiger partial charge >= 0.3 is 6.18 Å². The molecule has 1 atom stereocenters. The molecular formula is C22H24F3N7O. The first kappa shape index (κ1) is 22.9. The maximum Gasteiger partial charge on any atom is 0.417 e. The summed E-state index contributed by atoms with van der Waals surface area (Å²) in [5.41, 5.74) is 0.179. The van der Waals surface area contributed by atoms with Gasteiger partial charge in [-0.3, -0.25) is 4.90 Å². The van der Waals surface area contributed by atoms with Crippen LogP contribution in [0, 0.1) is 17.2 Å². The third-order valence-electron chi connectivity index (χ3n) is 5.70. The van der Waals surface area contributed by atoms with E-state index in [1.165, 1.54) is 12.4 Å². The Labute approximate surface area is 188 Å². The van der Waals surface area contributed by atoms with Crippen molar-refractivity contribution in [3.63, 3.8) is 0 Å². The Morgan fingerprint density at radius 2 is 2.00 bits per heavy atom. The number of hydrogen-bond donors (Lipinski definition) is 2. The van der Waals surface area contributed by atoms with Crippen molar-refractivity contribution in [2.45, 2.75) is 26.1 Å². The third-order valence-corrected chi connectivity index (χ3v) is 5.70. The first-order valence-electron chi connectivity index (χ1n) is 10.6. The molecule has 0 aromatic carbocycles. The number of rotatable bonds is 6. The lowest BCUT2D eigenvalue weighted by molar-refractivity contribution is -0.137. The molecule has 33 heavy (non-hydrogen) atoms. The van der Waals surface area contributed by atoms with Gasteiger partial charge in [0, 0.05) is 49.0 Å². The average Bonchev–Trinajstić information content (AvgIpc) is 3.22. The van der Waals surface area contributed by atoms with E-state index < -0.39 is 11.7 Å². The molecule has 0 spiro atoms. The fraction of sp³-hybridized carbons (Fsp3) is 0.455. The smallest absolute Gasteiger partial charge is 0.379 e. The molecule has 4 rings (SSSR count). The fourth-order valence-electron chi connectivity index (χ4n) is 3.74. The van der Waals surface area contributed by atoms with Crippen LogP contribution in [0.5, 0.6) is 0 Å². The maximum absolute atomic E-state index is 13.2. The van der Waals surface area contributed by atoms with Crippen LogP contribution in [-0.4, -0.2) is 63.7 Å². The number of anilines is 1. The van der Waals surface area contributed by atoms with Crippen LogP contribution in [-0.2, 0) is 10.9 Å². The molecule has 1 saturated heterocycles. The van der Waals surface area contributed by atoms with Crippen LogP contribution >= 0.6 is 0 Å². The zero-order chi connectivity index (χ0) is 23.6. The highest BCUT2D eigenvalue weighted by Gasteiger charge is 2.32. The molecule has 4 heterocycles. The molecule has 0 aliphatic carbocycles. The summed E-state index contributed by atoms with van der Waals surface area (Å²) in [5, 5.41) is 13.2. The van der Waals surface area contributed by atoms with E-state index in [1.807, 2.05) is 6.07 Å². The number of morpholine rings is 1. The average molecular weight is 459 g/mol. The van der Waals surface area contributed by atoms with E-state index in [1.54, 1.807) is 0 Å². The Morgan fingerprint density at radius 1 is 1.24 bits per heavy atom. The molecule has 174 valence electrons. The molecule has 2 N–H and O–H groups in total. The second-order valence-corrected chi connectivity index (χ2v) is 8.30. The van der Waals surface area contributed by atoms with Crippen molar-refractivity contribution in [2.24, 2.45) is 5.92 Å². The van der Waals surface area contributed by atoms with Crippen molar-refractivity contribution in [1.82, 2.24) is 24.8 Å². The molecule has 0 amide bonds. The second kappa shape index (κ2) is 9.33. The van der Waals surface area contributed by atoms with E-state index in [2.05, 4.69) is 44.0 Å². The summed E-state index contributed by atoms with van der Waals surface area (Å²) < 4.78 is 45.1. The van der Waals surface area contributed by atoms with Crippen LogP contribution in [0.2, 0.25) is 0 Å².